The van der Waals surface area contributed by atoms with Gasteiger partial charge in [-0.1, -0.05) is 18.2 Å². The van der Waals surface area contributed by atoms with Crippen molar-refractivity contribution in [2.75, 3.05) is 0 Å². The molecular weight excluding hydrogens is 260 g/mol. The van der Waals surface area contributed by atoms with Crippen molar-refractivity contribution in [3.05, 3.63) is 35.9 Å². The summed E-state index contributed by atoms with van der Waals surface area (Å²) in [6, 6.07) is 8.63. The summed E-state index contributed by atoms with van der Waals surface area (Å²) in [5.74, 6) is -0.531. The fourth-order valence-corrected chi connectivity index (χ4v) is 1.46. The van der Waals surface area contributed by atoms with Crippen molar-refractivity contribution < 1.29 is 24.7 Å². The molecule has 0 atom stereocenters. The van der Waals surface area contributed by atoms with Crippen molar-refractivity contribution in [3.8, 4) is 0 Å². The molecule has 0 bridgehead atoms. The van der Waals surface area contributed by atoms with Crippen molar-refractivity contribution in [2.24, 2.45) is 0 Å². The second-order valence-electron chi connectivity index (χ2n) is 5.93. The van der Waals surface area contributed by atoms with Gasteiger partial charge >= 0.3 is 5.97 Å². The molecule has 0 spiro atoms. The van der Waals surface area contributed by atoms with Crippen LogP contribution in [0.5, 0.6) is 0 Å². The molecule has 0 radical (unpaired) electrons. The maximum Gasteiger partial charge on any atom is 0.373 e. The summed E-state index contributed by atoms with van der Waals surface area (Å²) < 4.78 is 0. The molecule has 0 amide bonds. The Morgan fingerprint density at radius 2 is 1.60 bits per heavy atom. The summed E-state index contributed by atoms with van der Waals surface area (Å²) in [4.78, 5) is 26.1. The third-order valence-electron chi connectivity index (χ3n) is 2.93. The Morgan fingerprint density at radius 1 is 1.05 bits per heavy atom. The molecule has 0 saturated carbocycles. The first-order chi connectivity index (χ1) is 9.26. The quantitative estimate of drug-likeness (QED) is 0.611. The summed E-state index contributed by atoms with van der Waals surface area (Å²) in [5.41, 5.74) is -0.896. The third-order valence-corrected chi connectivity index (χ3v) is 2.93. The van der Waals surface area contributed by atoms with Gasteiger partial charge in [0, 0.05) is 0 Å². The minimum atomic E-state index is -0.666. The van der Waals surface area contributed by atoms with Gasteiger partial charge in [-0.25, -0.2) is 9.68 Å². The van der Waals surface area contributed by atoms with Crippen molar-refractivity contribution in [3.63, 3.8) is 0 Å². The second-order valence-corrected chi connectivity index (χ2v) is 5.93. The number of rotatable bonds is 7. The lowest BCUT2D eigenvalue weighted by molar-refractivity contribution is -0.328. The van der Waals surface area contributed by atoms with Gasteiger partial charge < -0.3 is 0 Å². The molecule has 0 aliphatic heterocycles. The highest BCUT2D eigenvalue weighted by atomic mass is 17.2. The van der Waals surface area contributed by atoms with Gasteiger partial charge in [-0.05, 0) is 52.7 Å². The van der Waals surface area contributed by atoms with Crippen LogP contribution >= 0.6 is 0 Å². The molecule has 0 fully saturated rings. The maximum absolute atomic E-state index is 11.7. The lowest BCUT2D eigenvalue weighted by Gasteiger charge is -2.27. The Labute approximate surface area is 119 Å². The molecule has 1 rings (SSSR count). The molecule has 5 nitrogen and oxygen atoms in total. The Balaban J connectivity index is 2.45. The van der Waals surface area contributed by atoms with Gasteiger partial charge in [0.2, 0.25) is 0 Å². The number of benzene rings is 1. The Morgan fingerprint density at radius 3 is 2.15 bits per heavy atom. The fraction of sp³-hybridized carbons (Fsp3) is 0.533. The predicted octanol–water partition coefficient (Wildman–Crippen LogP) is 3.60. The monoisotopic (exact) mass is 282 g/mol. The SMILES string of the molecule is CC(C)(CCC(C)(C)OOC(=O)c1ccccc1)OO. The van der Waals surface area contributed by atoms with Gasteiger partial charge in [0.15, 0.2) is 0 Å². The van der Waals surface area contributed by atoms with Crippen LogP contribution in [-0.2, 0) is 14.7 Å². The van der Waals surface area contributed by atoms with Gasteiger partial charge in [0.1, 0.15) is 5.60 Å². The molecule has 0 aliphatic rings. The first kappa shape index (κ1) is 16.6. The minimum Gasteiger partial charge on any atom is -0.292 e. The maximum atomic E-state index is 11.7. The van der Waals surface area contributed by atoms with Gasteiger partial charge in [0.25, 0.3) is 0 Å². The molecule has 5 heteroatoms. The molecule has 20 heavy (non-hydrogen) atoms. The summed E-state index contributed by atoms with van der Waals surface area (Å²) >= 11 is 0. The number of hydrogen-bond acceptors (Lipinski definition) is 5. The van der Waals surface area contributed by atoms with Crippen molar-refractivity contribution in [1.82, 2.24) is 0 Å². The van der Waals surface area contributed by atoms with E-state index in [4.69, 9.17) is 15.0 Å². The summed E-state index contributed by atoms with van der Waals surface area (Å²) in [6.45, 7) is 7.13. The highest BCUT2D eigenvalue weighted by Gasteiger charge is 2.28. The van der Waals surface area contributed by atoms with Crippen LogP contribution in [0.25, 0.3) is 0 Å². The van der Waals surface area contributed by atoms with E-state index < -0.39 is 17.2 Å². The van der Waals surface area contributed by atoms with Crippen LogP contribution in [0.1, 0.15) is 50.9 Å². The average molecular weight is 282 g/mol. The molecule has 1 N–H and O–H groups in total. The lowest BCUT2D eigenvalue weighted by Crippen LogP contribution is -2.31. The summed E-state index contributed by atoms with van der Waals surface area (Å²) in [7, 11) is 0. The van der Waals surface area contributed by atoms with E-state index in [1.54, 1.807) is 52.0 Å². The summed E-state index contributed by atoms with van der Waals surface area (Å²) in [5, 5.41) is 8.73. The Kier molecular flexibility index (Phi) is 5.68. The zero-order chi connectivity index (χ0) is 15.2. The number of carbonyl (C=O) groups excluding carboxylic acids is 1. The number of hydrogen-bond donors (Lipinski definition) is 1. The van der Waals surface area contributed by atoms with E-state index in [2.05, 4.69) is 4.89 Å². The zero-order valence-corrected chi connectivity index (χ0v) is 12.4. The molecule has 112 valence electrons. The smallest absolute Gasteiger partial charge is 0.292 e. The van der Waals surface area contributed by atoms with Gasteiger partial charge in [-0.15, -0.1) is 0 Å². The first-order valence-corrected chi connectivity index (χ1v) is 6.53. The zero-order valence-electron chi connectivity index (χ0n) is 12.4. The largest absolute Gasteiger partial charge is 0.373 e. The minimum absolute atomic E-state index is 0.433. The molecule has 0 aliphatic carbocycles. The van der Waals surface area contributed by atoms with E-state index in [9.17, 15) is 4.79 Å². The molecule has 1 aromatic rings. The van der Waals surface area contributed by atoms with E-state index in [-0.39, 0.29) is 0 Å². The van der Waals surface area contributed by atoms with Crippen molar-refractivity contribution in [2.45, 2.75) is 51.7 Å². The van der Waals surface area contributed by atoms with Gasteiger partial charge in [-0.2, -0.15) is 4.89 Å². The van der Waals surface area contributed by atoms with Crippen LogP contribution in [0.15, 0.2) is 30.3 Å². The van der Waals surface area contributed by atoms with Gasteiger partial charge in [0.05, 0.1) is 11.2 Å². The Bertz CT molecular complexity index is 425. The molecule has 0 aromatic heterocycles. The molecule has 0 saturated heterocycles. The Hall–Kier alpha value is -1.43. The molecule has 0 heterocycles. The average Bonchev–Trinajstić information content (AvgIpc) is 2.44. The first-order valence-electron chi connectivity index (χ1n) is 6.53. The third kappa shape index (κ3) is 5.69. The standard InChI is InChI=1S/C15H22O5/c1-14(2,19-17)10-11-15(3,4)20-18-13(16)12-8-6-5-7-9-12/h5-9,17H,10-11H2,1-4H3. The highest BCUT2D eigenvalue weighted by Crippen LogP contribution is 2.24. The fourth-order valence-electron chi connectivity index (χ4n) is 1.46. The van der Waals surface area contributed by atoms with E-state index in [0.29, 0.717) is 18.4 Å². The van der Waals surface area contributed by atoms with E-state index in [1.165, 1.54) is 0 Å². The van der Waals surface area contributed by atoms with Crippen LogP contribution in [0.4, 0.5) is 0 Å². The van der Waals surface area contributed by atoms with Crippen LogP contribution < -0.4 is 0 Å². The van der Waals surface area contributed by atoms with Gasteiger partial charge in [-0.3, -0.25) is 10.1 Å². The van der Waals surface area contributed by atoms with E-state index in [1.807, 2.05) is 6.07 Å². The van der Waals surface area contributed by atoms with E-state index in [0.717, 1.165) is 0 Å². The van der Waals surface area contributed by atoms with Crippen LogP contribution in [0, 0.1) is 0 Å². The summed E-state index contributed by atoms with van der Waals surface area (Å²) in [6.07, 6.45) is 1.11. The second kappa shape index (κ2) is 6.83. The number of carbonyl (C=O) groups is 1. The van der Waals surface area contributed by atoms with Crippen molar-refractivity contribution >= 4 is 5.97 Å². The van der Waals surface area contributed by atoms with E-state index >= 15 is 0 Å². The predicted molar refractivity (Wildman–Crippen MR) is 74.0 cm³/mol. The van der Waals surface area contributed by atoms with Crippen molar-refractivity contribution in [1.29, 1.82) is 0 Å². The molecule has 0 unspecified atom stereocenters. The lowest BCUT2D eigenvalue weighted by atomic mass is 9.94. The highest BCUT2D eigenvalue weighted by molar-refractivity contribution is 5.88. The van der Waals surface area contributed by atoms with Crippen LogP contribution in [0.3, 0.4) is 0 Å². The molecule has 1 aromatic carbocycles. The van der Waals surface area contributed by atoms with Crippen LogP contribution in [-0.4, -0.2) is 22.4 Å². The normalized spacial score (nSPS) is 12.2. The van der Waals surface area contributed by atoms with Crippen LogP contribution in [0.2, 0.25) is 0 Å². The topological polar surface area (TPSA) is 65.0 Å². The molecular formula is C15H22O5.